The zero-order valence-electron chi connectivity index (χ0n) is 18.4. The standard InChI is InChI=1S/C26H37NO2/c1-4-5-6-7-11-17-26(28)27(19-22(2)3)20-24-15-12-16-25(18-24)29-21-23-13-9-8-10-14-23/h8-10,12-16,18,22H,4-7,11,17,19-21H2,1-3H3. The molecule has 2 aromatic carbocycles. The highest BCUT2D eigenvalue weighted by Gasteiger charge is 2.15. The van der Waals surface area contributed by atoms with Crippen LogP contribution in [0.2, 0.25) is 0 Å². The van der Waals surface area contributed by atoms with Crippen LogP contribution in [-0.4, -0.2) is 17.4 Å². The molecule has 0 fully saturated rings. The molecule has 1 amide bonds. The molecule has 0 aliphatic heterocycles. The van der Waals surface area contributed by atoms with Gasteiger partial charge in [0.15, 0.2) is 0 Å². The predicted octanol–water partition coefficient (Wildman–Crippen LogP) is 6.61. The highest BCUT2D eigenvalue weighted by atomic mass is 16.5. The predicted molar refractivity (Wildman–Crippen MR) is 121 cm³/mol. The van der Waals surface area contributed by atoms with Crippen molar-refractivity contribution in [2.75, 3.05) is 6.54 Å². The van der Waals surface area contributed by atoms with Crippen molar-refractivity contribution in [2.45, 2.75) is 72.4 Å². The number of carbonyl (C=O) groups is 1. The summed E-state index contributed by atoms with van der Waals surface area (Å²) in [6, 6.07) is 18.3. The van der Waals surface area contributed by atoms with Gasteiger partial charge in [-0.05, 0) is 35.6 Å². The lowest BCUT2D eigenvalue weighted by atomic mass is 10.1. The van der Waals surface area contributed by atoms with Gasteiger partial charge >= 0.3 is 0 Å². The summed E-state index contributed by atoms with van der Waals surface area (Å²) < 4.78 is 5.95. The summed E-state index contributed by atoms with van der Waals surface area (Å²) >= 11 is 0. The summed E-state index contributed by atoms with van der Waals surface area (Å²) in [6.07, 6.45) is 6.52. The summed E-state index contributed by atoms with van der Waals surface area (Å²) in [5.74, 6) is 1.57. The van der Waals surface area contributed by atoms with Crippen LogP contribution in [-0.2, 0) is 17.9 Å². The Hall–Kier alpha value is -2.29. The lowest BCUT2D eigenvalue weighted by Crippen LogP contribution is -2.33. The number of ether oxygens (including phenoxy) is 1. The molecule has 0 heterocycles. The Balaban J connectivity index is 1.92. The van der Waals surface area contributed by atoms with E-state index in [-0.39, 0.29) is 5.91 Å². The van der Waals surface area contributed by atoms with Crippen LogP contribution in [0.4, 0.5) is 0 Å². The zero-order chi connectivity index (χ0) is 20.9. The lowest BCUT2D eigenvalue weighted by Gasteiger charge is -2.25. The molecule has 3 heteroatoms. The Morgan fingerprint density at radius 1 is 0.931 bits per heavy atom. The third kappa shape index (κ3) is 9.17. The van der Waals surface area contributed by atoms with Crippen molar-refractivity contribution in [1.82, 2.24) is 4.90 Å². The molecule has 0 aliphatic carbocycles. The molecule has 0 bridgehead atoms. The Morgan fingerprint density at radius 2 is 1.66 bits per heavy atom. The van der Waals surface area contributed by atoms with E-state index in [0.717, 1.165) is 36.3 Å². The first-order chi connectivity index (χ1) is 14.1. The molecule has 29 heavy (non-hydrogen) atoms. The second-order valence-electron chi connectivity index (χ2n) is 8.25. The summed E-state index contributed by atoms with van der Waals surface area (Å²) in [5, 5.41) is 0. The molecular weight excluding hydrogens is 358 g/mol. The molecule has 2 rings (SSSR count). The number of amides is 1. The van der Waals surface area contributed by atoms with Crippen LogP contribution < -0.4 is 4.74 Å². The number of unbranched alkanes of at least 4 members (excludes halogenated alkanes) is 4. The fourth-order valence-electron chi connectivity index (χ4n) is 3.43. The maximum atomic E-state index is 12.8. The minimum atomic E-state index is 0.269. The van der Waals surface area contributed by atoms with E-state index in [4.69, 9.17) is 4.74 Å². The van der Waals surface area contributed by atoms with Gasteiger partial charge in [0.05, 0.1) is 0 Å². The van der Waals surface area contributed by atoms with E-state index >= 15 is 0 Å². The fraction of sp³-hybridized carbons (Fsp3) is 0.500. The van der Waals surface area contributed by atoms with Gasteiger partial charge in [-0.2, -0.15) is 0 Å². The van der Waals surface area contributed by atoms with E-state index in [1.165, 1.54) is 19.3 Å². The zero-order valence-corrected chi connectivity index (χ0v) is 18.4. The maximum Gasteiger partial charge on any atom is 0.222 e. The third-order valence-corrected chi connectivity index (χ3v) is 4.95. The second kappa shape index (κ2) is 13.0. The van der Waals surface area contributed by atoms with E-state index < -0.39 is 0 Å². The Kier molecular flexibility index (Phi) is 10.3. The van der Waals surface area contributed by atoms with E-state index in [9.17, 15) is 4.79 Å². The Morgan fingerprint density at radius 3 is 2.38 bits per heavy atom. The molecule has 3 nitrogen and oxygen atoms in total. The lowest BCUT2D eigenvalue weighted by molar-refractivity contribution is -0.132. The van der Waals surface area contributed by atoms with Crippen LogP contribution >= 0.6 is 0 Å². The van der Waals surface area contributed by atoms with Gasteiger partial charge in [0, 0.05) is 19.5 Å². The van der Waals surface area contributed by atoms with Crippen LogP contribution in [0.1, 0.15) is 70.4 Å². The summed E-state index contributed by atoms with van der Waals surface area (Å²) in [5.41, 5.74) is 2.27. The van der Waals surface area contributed by atoms with Gasteiger partial charge in [0.25, 0.3) is 0 Å². The van der Waals surface area contributed by atoms with Crippen molar-refractivity contribution >= 4 is 5.91 Å². The first-order valence-electron chi connectivity index (χ1n) is 11.1. The van der Waals surface area contributed by atoms with E-state index in [2.05, 4.69) is 45.0 Å². The highest BCUT2D eigenvalue weighted by molar-refractivity contribution is 5.76. The van der Waals surface area contributed by atoms with Crippen LogP contribution in [0.15, 0.2) is 54.6 Å². The molecule has 0 radical (unpaired) electrons. The van der Waals surface area contributed by atoms with Crippen molar-refractivity contribution < 1.29 is 9.53 Å². The largest absolute Gasteiger partial charge is 0.489 e. The van der Waals surface area contributed by atoms with Crippen molar-refractivity contribution in [3.8, 4) is 5.75 Å². The molecule has 0 saturated heterocycles. The van der Waals surface area contributed by atoms with Crippen molar-refractivity contribution in [2.24, 2.45) is 5.92 Å². The van der Waals surface area contributed by atoms with E-state index in [0.29, 0.717) is 25.5 Å². The van der Waals surface area contributed by atoms with Gasteiger partial charge in [0.2, 0.25) is 5.91 Å². The number of nitrogens with zero attached hydrogens (tertiary/aromatic N) is 1. The van der Waals surface area contributed by atoms with E-state index in [1.54, 1.807) is 0 Å². The first kappa shape index (κ1) is 23.0. The van der Waals surface area contributed by atoms with E-state index in [1.807, 2.05) is 35.2 Å². The smallest absolute Gasteiger partial charge is 0.222 e. The van der Waals surface area contributed by atoms with Crippen LogP contribution in [0.5, 0.6) is 5.75 Å². The number of hydrogen-bond acceptors (Lipinski definition) is 2. The van der Waals surface area contributed by atoms with Crippen LogP contribution in [0, 0.1) is 5.92 Å². The fourth-order valence-corrected chi connectivity index (χ4v) is 3.43. The SMILES string of the molecule is CCCCCCCC(=O)N(Cc1cccc(OCc2ccccc2)c1)CC(C)C. The average Bonchev–Trinajstić information content (AvgIpc) is 2.72. The summed E-state index contributed by atoms with van der Waals surface area (Å²) in [7, 11) is 0. The highest BCUT2D eigenvalue weighted by Crippen LogP contribution is 2.18. The quantitative estimate of drug-likeness (QED) is 0.357. The molecular formula is C26H37NO2. The minimum absolute atomic E-state index is 0.269. The number of hydrogen-bond donors (Lipinski definition) is 0. The number of benzene rings is 2. The molecule has 0 N–H and O–H groups in total. The van der Waals surface area contributed by atoms with Crippen molar-refractivity contribution in [3.63, 3.8) is 0 Å². The molecule has 0 saturated carbocycles. The van der Waals surface area contributed by atoms with Crippen molar-refractivity contribution in [3.05, 3.63) is 65.7 Å². The Bertz CT molecular complexity index is 712. The van der Waals surface area contributed by atoms with Gasteiger partial charge in [-0.25, -0.2) is 0 Å². The normalized spacial score (nSPS) is 10.9. The van der Waals surface area contributed by atoms with Crippen LogP contribution in [0.3, 0.4) is 0 Å². The minimum Gasteiger partial charge on any atom is -0.489 e. The molecule has 0 unspecified atom stereocenters. The molecule has 0 aliphatic rings. The number of rotatable bonds is 13. The summed E-state index contributed by atoms with van der Waals surface area (Å²) in [6.45, 7) is 8.54. The monoisotopic (exact) mass is 395 g/mol. The van der Waals surface area contributed by atoms with Crippen LogP contribution in [0.25, 0.3) is 0 Å². The first-order valence-corrected chi connectivity index (χ1v) is 11.1. The average molecular weight is 396 g/mol. The molecule has 0 atom stereocenters. The van der Waals surface area contributed by atoms with Gasteiger partial charge < -0.3 is 9.64 Å². The molecule has 158 valence electrons. The molecule has 2 aromatic rings. The summed E-state index contributed by atoms with van der Waals surface area (Å²) in [4.78, 5) is 14.8. The number of carbonyl (C=O) groups excluding carboxylic acids is 1. The molecule has 0 spiro atoms. The van der Waals surface area contributed by atoms with Gasteiger partial charge in [-0.15, -0.1) is 0 Å². The maximum absolute atomic E-state index is 12.8. The van der Waals surface area contributed by atoms with Crippen molar-refractivity contribution in [1.29, 1.82) is 0 Å². The van der Waals surface area contributed by atoms with Gasteiger partial charge in [0.1, 0.15) is 12.4 Å². The molecule has 0 aromatic heterocycles. The third-order valence-electron chi connectivity index (χ3n) is 4.95. The van der Waals surface area contributed by atoms with Gasteiger partial charge in [-0.3, -0.25) is 4.79 Å². The topological polar surface area (TPSA) is 29.5 Å². The Labute approximate surface area is 177 Å². The van der Waals surface area contributed by atoms with Gasteiger partial charge in [-0.1, -0.05) is 88.9 Å². The second-order valence-corrected chi connectivity index (χ2v) is 8.25.